The summed E-state index contributed by atoms with van der Waals surface area (Å²) in [5, 5.41) is 15.0. The number of halogens is 1. The molecule has 1 fully saturated rings. The molecule has 1 aromatic heterocycles. The Morgan fingerprint density at radius 3 is 2.47 bits per heavy atom. The molecule has 5 rings (SSSR count). The third-order valence-corrected chi connectivity index (χ3v) is 6.42. The number of nitrogens with zero attached hydrogens (tertiary/aromatic N) is 4. The molecule has 0 bridgehead atoms. The monoisotopic (exact) mass is 512 g/mol. The summed E-state index contributed by atoms with van der Waals surface area (Å²) in [6, 6.07) is 21.7. The average molecular weight is 513 g/mol. The van der Waals surface area contributed by atoms with Crippen molar-refractivity contribution in [3.05, 3.63) is 78.1 Å². The first kappa shape index (κ1) is 25.3. The number of amides is 1. The molecular formula is C30H29FN4O3. The Kier molecular flexibility index (Phi) is 6.77. The minimum absolute atomic E-state index is 0.0404. The van der Waals surface area contributed by atoms with Gasteiger partial charge in [0.15, 0.2) is 0 Å². The van der Waals surface area contributed by atoms with Gasteiger partial charge in [0.05, 0.1) is 17.1 Å². The van der Waals surface area contributed by atoms with Crippen molar-refractivity contribution in [1.82, 2.24) is 14.7 Å². The van der Waals surface area contributed by atoms with Crippen molar-refractivity contribution in [3.8, 4) is 28.8 Å². The lowest BCUT2D eigenvalue weighted by Crippen LogP contribution is -2.43. The lowest BCUT2D eigenvalue weighted by Gasteiger charge is -2.34. The van der Waals surface area contributed by atoms with Crippen molar-refractivity contribution in [2.45, 2.75) is 45.3 Å². The molecule has 4 aromatic rings. The minimum atomic E-state index is -0.598. The fourth-order valence-electron chi connectivity index (χ4n) is 4.69. The van der Waals surface area contributed by atoms with Gasteiger partial charge in [0.1, 0.15) is 34.7 Å². The smallest absolute Gasteiger partial charge is 0.410 e. The summed E-state index contributed by atoms with van der Waals surface area (Å²) in [4.78, 5) is 14.4. The van der Waals surface area contributed by atoms with Crippen LogP contribution in [0.3, 0.4) is 0 Å². The molecule has 0 aliphatic carbocycles. The Bertz CT molecular complexity index is 1500. The topological polar surface area (TPSA) is 80.4 Å². The standard InChI is InChI=1S/C30H29FN4O3/c1-30(2,3)38-29(36)34-15-7-8-22(19-34)35-27-17-26(31)21(18-32)16-25(27)28(33-35)20-11-13-24(14-12-20)37-23-9-5-4-6-10-23/h4-6,9-14,16-17,22H,7-8,15,19H2,1-3H3. The van der Waals surface area contributed by atoms with Crippen LogP contribution < -0.4 is 4.74 Å². The van der Waals surface area contributed by atoms with Gasteiger partial charge in [-0.15, -0.1) is 0 Å². The van der Waals surface area contributed by atoms with E-state index in [0.717, 1.165) is 24.2 Å². The highest BCUT2D eigenvalue weighted by Gasteiger charge is 2.30. The van der Waals surface area contributed by atoms with E-state index in [4.69, 9.17) is 14.6 Å². The fraction of sp³-hybridized carbons (Fsp3) is 0.300. The van der Waals surface area contributed by atoms with E-state index in [0.29, 0.717) is 35.4 Å². The van der Waals surface area contributed by atoms with Gasteiger partial charge in [0.25, 0.3) is 0 Å². The van der Waals surface area contributed by atoms with Crippen LogP contribution in [-0.2, 0) is 4.74 Å². The maximum Gasteiger partial charge on any atom is 0.410 e. The zero-order valence-electron chi connectivity index (χ0n) is 21.6. The van der Waals surface area contributed by atoms with Crippen LogP contribution in [0.4, 0.5) is 9.18 Å². The zero-order valence-corrected chi connectivity index (χ0v) is 21.6. The molecule has 0 radical (unpaired) electrons. The van der Waals surface area contributed by atoms with Crippen LogP contribution in [0.5, 0.6) is 11.5 Å². The normalized spacial score (nSPS) is 15.8. The molecule has 0 saturated carbocycles. The highest BCUT2D eigenvalue weighted by Crippen LogP contribution is 2.35. The highest BCUT2D eigenvalue weighted by atomic mass is 19.1. The van der Waals surface area contributed by atoms with Gasteiger partial charge < -0.3 is 14.4 Å². The van der Waals surface area contributed by atoms with E-state index < -0.39 is 11.4 Å². The number of carbonyl (C=O) groups is 1. The van der Waals surface area contributed by atoms with Gasteiger partial charge in [0, 0.05) is 30.1 Å². The minimum Gasteiger partial charge on any atom is -0.457 e. The van der Waals surface area contributed by atoms with Gasteiger partial charge in [-0.2, -0.15) is 10.4 Å². The molecular weight excluding hydrogens is 483 g/mol. The van der Waals surface area contributed by atoms with E-state index in [9.17, 15) is 14.4 Å². The number of para-hydroxylation sites is 1. The first-order chi connectivity index (χ1) is 18.2. The molecule has 1 aliphatic heterocycles. The van der Waals surface area contributed by atoms with Crippen LogP contribution in [0.2, 0.25) is 0 Å². The van der Waals surface area contributed by atoms with Gasteiger partial charge in [-0.3, -0.25) is 4.68 Å². The molecule has 1 unspecified atom stereocenters. The van der Waals surface area contributed by atoms with E-state index >= 15 is 0 Å². The van der Waals surface area contributed by atoms with Crippen LogP contribution in [-0.4, -0.2) is 39.5 Å². The Labute approximate surface area is 221 Å². The highest BCUT2D eigenvalue weighted by molar-refractivity contribution is 5.94. The van der Waals surface area contributed by atoms with Crippen molar-refractivity contribution >= 4 is 17.0 Å². The summed E-state index contributed by atoms with van der Waals surface area (Å²) in [5.41, 5.74) is 1.39. The van der Waals surface area contributed by atoms with Crippen molar-refractivity contribution in [3.63, 3.8) is 0 Å². The molecule has 1 atom stereocenters. The number of rotatable bonds is 4. The summed E-state index contributed by atoms with van der Waals surface area (Å²) in [7, 11) is 0. The average Bonchev–Trinajstić information content (AvgIpc) is 3.26. The molecule has 3 aromatic carbocycles. The van der Waals surface area contributed by atoms with Crippen LogP contribution >= 0.6 is 0 Å². The number of likely N-dealkylation sites (tertiary alicyclic amines) is 1. The lowest BCUT2D eigenvalue weighted by molar-refractivity contribution is 0.0169. The van der Waals surface area contributed by atoms with Crippen molar-refractivity contribution in [2.75, 3.05) is 13.1 Å². The number of aromatic nitrogens is 2. The summed E-state index contributed by atoms with van der Waals surface area (Å²) in [6.45, 7) is 6.51. The van der Waals surface area contributed by atoms with Gasteiger partial charge in [0.2, 0.25) is 0 Å². The number of carbonyl (C=O) groups excluding carboxylic acids is 1. The lowest BCUT2D eigenvalue weighted by atomic mass is 10.0. The third-order valence-electron chi connectivity index (χ3n) is 6.42. The Morgan fingerprint density at radius 1 is 1.08 bits per heavy atom. The Morgan fingerprint density at radius 2 is 1.79 bits per heavy atom. The number of ether oxygens (including phenoxy) is 2. The van der Waals surface area contributed by atoms with Crippen LogP contribution in [0, 0.1) is 17.1 Å². The van der Waals surface area contributed by atoms with Gasteiger partial charge in [-0.25, -0.2) is 9.18 Å². The second kappa shape index (κ2) is 10.2. The molecule has 1 amide bonds. The number of fused-ring (bicyclic) bond motifs is 1. The predicted octanol–water partition coefficient (Wildman–Crippen LogP) is 7.08. The van der Waals surface area contributed by atoms with E-state index in [1.807, 2.05) is 81.4 Å². The molecule has 8 heteroatoms. The first-order valence-corrected chi connectivity index (χ1v) is 12.6. The maximum absolute atomic E-state index is 14.8. The molecule has 7 nitrogen and oxygen atoms in total. The Hall–Kier alpha value is -4.38. The number of hydrogen-bond donors (Lipinski definition) is 0. The SMILES string of the molecule is CC(C)(C)OC(=O)N1CCCC(n2nc(-c3ccc(Oc4ccccc4)cc3)c3cc(C#N)c(F)cc32)C1. The molecule has 1 saturated heterocycles. The van der Waals surface area contributed by atoms with Gasteiger partial charge in [-0.1, -0.05) is 18.2 Å². The molecule has 194 valence electrons. The van der Waals surface area contributed by atoms with Crippen molar-refractivity contribution in [1.29, 1.82) is 5.26 Å². The molecule has 0 spiro atoms. The van der Waals surface area contributed by atoms with E-state index in [1.165, 1.54) is 6.07 Å². The van der Waals surface area contributed by atoms with Crippen molar-refractivity contribution in [2.24, 2.45) is 0 Å². The molecule has 1 aliphatic rings. The number of benzene rings is 3. The fourth-order valence-corrected chi connectivity index (χ4v) is 4.69. The van der Waals surface area contributed by atoms with Crippen LogP contribution in [0.1, 0.15) is 45.2 Å². The largest absolute Gasteiger partial charge is 0.457 e. The molecule has 2 heterocycles. The second-order valence-electron chi connectivity index (χ2n) is 10.4. The first-order valence-electron chi connectivity index (χ1n) is 12.6. The van der Waals surface area contributed by atoms with Crippen LogP contribution in [0.25, 0.3) is 22.2 Å². The van der Waals surface area contributed by atoms with E-state index in [2.05, 4.69) is 0 Å². The Balaban J connectivity index is 1.50. The number of piperidine rings is 1. The third kappa shape index (κ3) is 5.32. The summed E-state index contributed by atoms with van der Waals surface area (Å²) in [5.74, 6) is 0.808. The second-order valence-corrected chi connectivity index (χ2v) is 10.4. The summed E-state index contributed by atoms with van der Waals surface area (Å²) >= 11 is 0. The quantitative estimate of drug-likeness (QED) is 0.292. The predicted molar refractivity (Wildman–Crippen MR) is 142 cm³/mol. The molecule has 38 heavy (non-hydrogen) atoms. The van der Waals surface area contributed by atoms with Gasteiger partial charge >= 0.3 is 6.09 Å². The number of nitriles is 1. The maximum atomic E-state index is 14.8. The van der Waals surface area contributed by atoms with Crippen molar-refractivity contribution < 1.29 is 18.7 Å². The van der Waals surface area contributed by atoms with E-state index in [-0.39, 0.29) is 17.7 Å². The summed E-state index contributed by atoms with van der Waals surface area (Å²) in [6.07, 6.45) is 1.18. The number of hydrogen-bond acceptors (Lipinski definition) is 5. The van der Waals surface area contributed by atoms with Crippen LogP contribution in [0.15, 0.2) is 66.7 Å². The molecule has 0 N–H and O–H groups in total. The summed E-state index contributed by atoms with van der Waals surface area (Å²) < 4.78 is 28.0. The van der Waals surface area contributed by atoms with E-state index in [1.54, 1.807) is 15.6 Å². The zero-order chi connectivity index (χ0) is 26.9. The van der Waals surface area contributed by atoms with Gasteiger partial charge in [-0.05, 0) is 76.1 Å².